The highest BCUT2D eigenvalue weighted by atomic mass is 16.7. The topological polar surface area (TPSA) is 57.1 Å². The van der Waals surface area contributed by atoms with E-state index in [2.05, 4.69) is 9.99 Å². The number of carbonyl (C=O) groups is 1. The Bertz CT molecular complexity index is 546. The minimum Gasteiger partial charge on any atom is -0.493 e. The predicted octanol–water partition coefficient (Wildman–Crippen LogP) is 2.02. The highest BCUT2D eigenvalue weighted by molar-refractivity contribution is 6.24. The zero-order valence-electron chi connectivity index (χ0n) is 10.4. The number of carbonyl (C=O) groups excluding carboxylic acids is 1. The lowest BCUT2D eigenvalue weighted by molar-refractivity contribution is -0.136. The number of oxime groups is 1. The van der Waals surface area contributed by atoms with Gasteiger partial charge in [-0.1, -0.05) is 11.2 Å². The molecule has 0 radical (unpaired) electrons. The molecule has 0 atom stereocenters. The van der Waals surface area contributed by atoms with Gasteiger partial charge in [0.1, 0.15) is 0 Å². The first-order chi connectivity index (χ1) is 8.65. The van der Waals surface area contributed by atoms with Gasteiger partial charge >= 0.3 is 5.97 Å². The summed E-state index contributed by atoms with van der Waals surface area (Å²) >= 11 is 0. The monoisotopic (exact) mass is 247 g/mol. The predicted molar refractivity (Wildman–Crippen MR) is 66.7 cm³/mol. The van der Waals surface area contributed by atoms with Crippen molar-refractivity contribution in [2.24, 2.45) is 5.16 Å². The van der Waals surface area contributed by atoms with Gasteiger partial charge < -0.3 is 14.3 Å². The molecule has 94 valence electrons. The summed E-state index contributed by atoms with van der Waals surface area (Å²) in [6.07, 6.45) is 1.70. The summed E-state index contributed by atoms with van der Waals surface area (Å²) in [7, 11) is 3.13. The van der Waals surface area contributed by atoms with Crippen molar-refractivity contribution >= 4 is 17.8 Å². The average molecular weight is 247 g/mol. The standard InChI is InChI=1S/C13H13NO4/c1-8-10(13(15)18-14-8)6-9-4-5-11(16-2)12(7-9)17-3/h4-7H,1-3H3/b10-6-. The normalized spacial score (nSPS) is 16.5. The third kappa shape index (κ3) is 2.20. The van der Waals surface area contributed by atoms with Crippen molar-refractivity contribution in [2.75, 3.05) is 14.2 Å². The molecule has 0 amide bonds. The Balaban J connectivity index is 2.38. The summed E-state index contributed by atoms with van der Waals surface area (Å²) in [5.74, 6) is 0.800. The molecule has 1 heterocycles. The molecule has 0 N–H and O–H groups in total. The lowest BCUT2D eigenvalue weighted by Gasteiger charge is -2.07. The van der Waals surface area contributed by atoms with Crippen LogP contribution in [0.1, 0.15) is 12.5 Å². The number of benzene rings is 1. The Kier molecular flexibility index (Phi) is 3.32. The van der Waals surface area contributed by atoms with Gasteiger partial charge in [0.15, 0.2) is 11.5 Å². The summed E-state index contributed by atoms with van der Waals surface area (Å²) in [5, 5.41) is 3.61. The van der Waals surface area contributed by atoms with Crippen LogP contribution in [-0.2, 0) is 9.63 Å². The molecule has 0 saturated carbocycles. The van der Waals surface area contributed by atoms with E-state index in [0.717, 1.165) is 5.56 Å². The van der Waals surface area contributed by atoms with Crippen molar-refractivity contribution in [3.63, 3.8) is 0 Å². The fourth-order valence-corrected chi connectivity index (χ4v) is 1.63. The van der Waals surface area contributed by atoms with Crippen LogP contribution >= 0.6 is 0 Å². The number of hydrogen-bond acceptors (Lipinski definition) is 5. The Morgan fingerprint density at radius 1 is 1.22 bits per heavy atom. The van der Waals surface area contributed by atoms with Crippen LogP contribution in [-0.4, -0.2) is 25.9 Å². The maximum atomic E-state index is 11.4. The maximum Gasteiger partial charge on any atom is 0.367 e. The number of rotatable bonds is 3. The van der Waals surface area contributed by atoms with Crippen LogP contribution in [0.2, 0.25) is 0 Å². The highest BCUT2D eigenvalue weighted by Gasteiger charge is 2.21. The molecule has 0 saturated heterocycles. The molecule has 0 aromatic heterocycles. The summed E-state index contributed by atoms with van der Waals surface area (Å²) < 4.78 is 10.3. The molecule has 0 aliphatic carbocycles. The Labute approximate surface area is 105 Å². The van der Waals surface area contributed by atoms with Crippen LogP contribution in [0.15, 0.2) is 28.9 Å². The highest BCUT2D eigenvalue weighted by Crippen LogP contribution is 2.28. The largest absolute Gasteiger partial charge is 0.493 e. The minimum atomic E-state index is -0.442. The van der Waals surface area contributed by atoms with Crippen molar-refractivity contribution in [3.05, 3.63) is 29.3 Å². The fraction of sp³-hybridized carbons (Fsp3) is 0.231. The molecule has 5 nitrogen and oxygen atoms in total. The molecule has 0 unspecified atom stereocenters. The van der Waals surface area contributed by atoms with E-state index in [1.54, 1.807) is 39.4 Å². The van der Waals surface area contributed by atoms with Crippen molar-refractivity contribution in [3.8, 4) is 11.5 Å². The molecule has 0 spiro atoms. The smallest absolute Gasteiger partial charge is 0.367 e. The van der Waals surface area contributed by atoms with E-state index in [1.807, 2.05) is 6.07 Å². The molecular weight excluding hydrogens is 234 g/mol. The van der Waals surface area contributed by atoms with Crippen molar-refractivity contribution < 1.29 is 19.1 Å². The Morgan fingerprint density at radius 2 is 1.94 bits per heavy atom. The minimum absolute atomic E-state index is 0.442. The van der Waals surface area contributed by atoms with Gasteiger partial charge in [0.2, 0.25) is 0 Å². The summed E-state index contributed by atoms with van der Waals surface area (Å²) in [6.45, 7) is 1.72. The van der Waals surface area contributed by atoms with E-state index >= 15 is 0 Å². The quantitative estimate of drug-likeness (QED) is 0.605. The third-order valence-corrected chi connectivity index (χ3v) is 2.59. The molecule has 1 aromatic rings. The SMILES string of the molecule is COc1ccc(/C=C2\C(=O)ON=C2C)cc1OC. The molecule has 0 bridgehead atoms. The summed E-state index contributed by atoms with van der Waals surface area (Å²) in [6, 6.07) is 5.38. The van der Waals surface area contributed by atoms with Crippen LogP contribution in [0.4, 0.5) is 0 Å². The summed E-state index contributed by atoms with van der Waals surface area (Å²) in [4.78, 5) is 16.0. The van der Waals surface area contributed by atoms with Gasteiger partial charge in [0.05, 0.1) is 25.5 Å². The second kappa shape index (κ2) is 4.91. The molecule has 1 aliphatic heterocycles. The number of hydrogen-bond donors (Lipinski definition) is 0. The van der Waals surface area contributed by atoms with Gasteiger partial charge in [-0.2, -0.15) is 0 Å². The first kappa shape index (κ1) is 12.2. The van der Waals surface area contributed by atoms with Crippen LogP contribution in [0.3, 0.4) is 0 Å². The molecule has 5 heteroatoms. The van der Waals surface area contributed by atoms with Gasteiger partial charge in [-0.3, -0.25) is 0 Å². The number of ether oxygens (including phenoxy) is 2. The van der Waals surface area contributed by atoms with Gasteiger partial charge in [-0.15, -0.1) is 0 Å². The van der Waals surface area contributed by atoms with Gasteiger partial charge in [-0.05, 0) is 30.7 Å². The lowest BCUT2D eigenvalue weighted by atomic mass is 10.1. The van der Waals surface area contributed by atoms with Crippen LogP contribution in [0, 0.1) is 0 Å². The second-order valence-corrected chi connectivity index (χ2v) is 3.73. The molecule has 1 aromatic carbocycles. The van der Waals surface area contributed by atoms with E-state index in [0.29, 0.717) is 22.8 Å². The average Bonchev–Trinajstić information content (AvgIpc) is 2.70. The van der Waals surface area contributed by atoms with Crippen LogP contribution in [0.25, 0.3) is 6.08 Å². The van der Waals surface area contributed by atoms with Gasteiger partial charge in [0, 0.05) is 0 Å². The van der Waals surface area contributed by atoms with E-state index in [4.69, 9.17) is 9.47 Å². The van der Waals surface area contributed by atoms with E-state index in [1.165, 1.54) is 0 Å². The van der Waals surface area contributed by atoms with Crippen molar-refractivity contribution in [1.29, 1.82) is 0 Å². The van der Waals surface area contributed by atoms with Crippen molar-refractivity contribution in [1.82, 2.24) is 0 Å². The fourth-order valence-electron chi connectivity index (χ4n) is 1.63. The van der Waals surface area contributed by atoms with Gasteiger partial charge in [0.25, 0.3) is 0 Å². The maximum absolute atomic E-state index is 11.4. The molecule has 1 aliphatic rings. The Hall–Kier alpha value is -2.30. The zero-order chi connectivity index (χ0) is 13.1. The van der Waals surface area contributed by atoms with E-state index < -0.39 is 5.97 Å². The lowest BCUT2D eigenvalue weighted by Crippen LogP contribution is -2.01. The van der Waals surface area contributed by atoms with Gasteiger partial charge in [-0.25, -0.2) is 4.79 Å². The number of nitrogens with zero attached hydrogens (tertiary/aromatic N) is 1. The van der Waals surface area contributed by atoms with E-state index in [9.17, 15) is 4.79 Å². The molecule has 2 rings (SSSR count). The second-order valence-electron chi connectivity index (χ2n) is 3.73. The summed E-state index contributed by atoms with van der Waals surface area (Å²) in [5.41, 5.74) is 1.83. The van der Waals surface area contributed by atoms with Crippen LogP contribution in [0.5, 0.6) is 11.5 Å². The van der Waals surface area contributed by atoms with Crippen LogP contribution < -0.4 is 9.47 Å². The van der Waals surface area contributed by atoms with Crippen molar-refractivity contribution in [2.45, 2.75) is 6.92 Å². The Morgan fingerprint density at radius 3 is 2.50 bits per heavy atom. The zero-order valence-corrected chi connectivity index (χ0v) is 10.4. The molecule has 0 fully saturated rings. The molecular formula is C13H13NO4. The first-order valence-corrected chi connectivity index (χ1v) is 5.35. The van der Waals surface area contributed by atoms with E-state index in [-0.39, 0.29) is 0 Å². The number of methoxy groups -OCH3 is 2. The third-order valence-electron chi connectivity index (χ3n) is 2.59. The first-order valence-electron chi connectivity index (χ1n) is 5.35. The molecule has 18 heavy (non-hydrogen) atoms.